The van der Waals surface area contributed by atoms with Crippen molar-refractivity contribution < 1.29 is 19.4 Å². The van der Waals surface area contributed by atoms with Gasteiger partial charge in [0.2, 0.25) is 0 Å². The van der Waals surface area contributed by atoms with Crippen molar-refractivity contribution in [1.82, 2.24) is 5.32 Å². The van der Waals surface area contributed by atoms with Crippen LogP contribution in [0, 0.1) is 11.8 Å². The molecule has 1 rings (SSSR count). The first kappa shape index (κ1) is 16.9. The average Bonchev–Trinajstić information content (AvgIpc) is 2.32. The number of nitrogens with one attached hydrogen (secondary N) is 1. The van der Waals surface area contributed by atoms with Gasteiger partial charge in [-0.1, -0.05) is 29.5 Å². The number of alkyl carbamates (subject to hydrolysis) is 1. The van der Waals surface area contributed by atoms with Crippen LogP contribution in [-0.2, 0) is 4.74 Å². The molecular weight excluding hydrogens is 294 g/mol. The highest BCUT2D eigenvalue weighted by Gasteiger charge is 2.15. The van der Waals surface area contributed by atoms with E-state index in [2.05, 4.69) is 17.2 Å². The van der Waals surface area contributed by atoms with Crippen molar-refractivity contribution in [1.29, 1.82) is 0 Å². The Balaban J connectivity index is 2.71. The second-order valence-corrected chi connectivity index (χ2v) is 5.53. The van der Waals surface area contributed by atoms with E-state index in [4.69, 9.17) is 21.4 Å². The van der Waals surface area contributed by atoms with Gasteiger partial charge >= 0.3 is 12.1 Å². The van der Waals surface area contributed by atoms with Crippen LogP contribution in [0.1, 0.15) is 36.7 Å². The van der Waals surface area contributed by atoms with Crippen LogP contribution >= 0.6 is 11.6 Å². The van der Waals surface area contributed by atoms with Crippen LogP contribution in [0.5, 0.6) is 0 Å². The molecule has 0 saturated heterocycles. The highest BCUT2D eigenvalue weighted by atomic mass is 35.5. The lowest BCUT2D eigenvalue weighted by atomic mass is 10.1. The molecule has 0 fully saturated rings. The molecule has 0 heterocycles. The Morgan fingerprint density at radius 1 is 1.38 bits per heavy atom. The predicted molar refractivity (Wildman–Crippen MR) is 79.5 cm³/mol. The molecule has 0 aliphatic carbocycles. The van der Waals surface area contributed by atoms with Crippen molar-refractivity contribution in [2.45, 2.75) is 26.4 Å². The normalized spacial score (nSPS) is 10.3. The number of amides is 1. The molecule has 6 heteroatoms. The van der Waals surface area contributed by atoms with Gasteiger partial charge in [-0.2, -0.15) is 0 Å². The Labute approximate surface area is 128 Å². The van der Waals surface area contributed by atoms with Crippen LogP contribution < -0.4 is 5.32 Å². The number of benzene rings is 1. The van der Waals surface area contributed by atoms with Gasteiger partial charge in [0, 0.05) is 5.56 Å². The van der Waals surface area contributed by atoms with E-state index in [0.29, 0.717) is 5.56 Å². The number of carboxylic acids is 1. The van der Waals surface area contributed by atoms with Crippen molar-refractivity contribution in [2.75, 3.05) is 6.54 Å². The first-order valence-corrected chi connectivity index (χ1v) is 6.56. The first-order chi connectivity index (χ1) is 9.70. The number of ether oxygens (including phenoxy) is 1. The molecule has 0 aliphatic rings. The number of hydrogen-bond acceptors (Lipinski definition) is 3. The molecule has 1 aromatic rings. The van der Waals surface area contributed by atoms with Gasteiger partial charge in [-0.05, 0) is 32.9 Å². The summed E-state index contributed by atoms with van der Waals surface area (Å²) in [6.45, 7) is 5.30. The predicted octanol–water partition coefficient (Wildman–Crippen LogP) is 2.91. The summed E-state index contributed by atoms with van der Waals surface area (Å²) in [6.07, 6.45) is -0.582. The minimum Gasteiger partial charge on any atom is -0.478 e. The SMILES string of the molecule is CC(C)(C)OC(=O)NCC#Cc1cccc(Cl)c1C(=O)O. The Bertz CT molecular complexity index is 608. The Hall–Kier alpha value is -2.19. The third-order valence-corrected chi connectivity index (χ3v) is 2.49. The van der Waals surface area contributed by atoms with Crippen molar-refractivity contribution in [3.8, 4) is 11.8 Å². The monoisotopic (exact) mass is 309 g/mol. The average molecular weight is 310 g/mol. The lowest BCUT2D eigenvalue weighted by Crippen LogP contribution is -2.32. The smallest absolute Gasteiger partial charge is 0.408 e. The van der Waals surface area contributed by atoms with E-state index in [1.54, 1.807) is 32.9 Å². The zero-order valence-electron chi connectivity index (χ0n) is 12.0. The summed E-state index contributed by atoms with van der Waals surface area (Å²) in [7, 11) is 0. The number of aromatic carboxylic acids is 1. The number of carbonyl (C=O) groups is 2. The van der Waals surface area contributed by atoms with Gasteiger partial charge in [0.1, 0.15) is 5.60 Å². The quantitative estimate of drug-likeness (QED) is 0.824. The number of hydrogen-bond donors (Lipinski definition) is 2. The lowest BCUT2D eigenvalue weighted by Gasteiger charge is -2.19. The van der Waals surface area contributed by atoms with Gasteiger partial charge in [-0.25, -0.2) is 9.59 Å². The Morgan fingerprint density at radius 3 is 2.62 bits per heavy atom. The van der Waals surface area contributed by atoms with E-state index in [9.17, 15) is 9.59 Å². The summed E-state index contributed by atoms with van der Waals surface area (Å²) < 4.78 is 5.04. The molecule has 0 aromatic heterocycles. The van der Waals surface area contributed by atoms with Gasteiger partial charge < -0.3 is 15.2 Å². The molecule has 1 amide bonds. The van der Waals surface area contributed by atoms with Crippen molar-refractivity contribution >= 4 is 23.7 Å². The molecule has 0 spiro atoms. The second-order valence-electron chi connectivity index (χ2n) is 5.12. The van der Waals surface area contributed by atoms with Crippen molar-refractivity contribution in [3.05, 3.63) is 34.3 Å². The molecular formula is C15H16ClNO4. The summed E-state index contributed by atoms with van der Waals surface area (Å²) in [6, 6.07) is 4.64. The first-order valence-electron chi connectivity index (χ1n) is 6.18. The standard InChI is InChI=1S/C15H16ClNO4/c1-15(2,3)21-14(20)17-9-5-7-10-6-4-8-11(16)12(10)13(18)19/h4,6,8H,9H2,1-3H3,(H,17,20)(H,18,19). The molecule has 2 N–H and O–H groups in total. The molecule has 0 saturated carbocycles. The fraction of sp³-hybridized carbons (Fsp3) is 0.333. The van der Waals surface area contributed by atoms with E-state index < -0.39 is 17.7 Å². The zero-order valence-corrected chi connectivity index (χ0v) is 12.7. The number of carbonyl (C=O) groups excluding carboxylic acids is 1. The van der Waals surface area contributed by atoms with Gasteiger partial charge in [0.15, 0.2) is 0 Å². The van der Waals surface area contributed by atoms with E-state index in [1.165, 1.54) is 6.07 Å². The van der Waals surface area contributed by atoms with Crippen LogP contribution in [0.25, 0.3) is 0 Å². The highest BCUT2D eigenvalue weighted by molar-refractivity contribution is 6.33. The largest absolute Gasteiger partial charge is 0.478 e. The molecule has 0 bridgehead atoms. The fourth-order valence-electron chi connectivity index (χ4n) is 1.42. The molecule has 21 heavy (non-hydrogen) atoms. The minimum atomic E-state index is -1.15. The molecule has 5 nitrogen and oxygen atoms in total. The Morgan fingerprint density at radius 2 is 2.05 bits per heavy atom. The summed E-state index contributed by atoms with van der Waals surface area (Å²) >= 11 is 5.82. The van der Waals surface area contributed by atoms with Crippen molar-refractivity contribution in [2.24, 2.45) is 0 Å². The highest BCUT2D eigenvalue weighted by Crippen LogP contribution is 2.19. The van der Waals surface area contributed by atoms with Crippen LogP contribution in [0.2, 0.25) is 5.02 Å². The molecule has 0 aliphatic heterocycles. The van der Waals surface area contributed by atoms with E-state index in [-0.39, 0.29) is 17.1 Å². The third-order valence-electron chi connectivity index (χ3n) is 2.17. The molecule has 0 radical (unpaired) electrons. The fourth-order valence-corrected chi connectivity index (χ4v) is 1.67. The van der Waals surface area contributed by atoms with E-state index >= 15 is 0 Å². The number of rotatable bonds is 2. The van der Waals surface area contributed by atoms with E-state index in [0.717, 1.165) is 0 Å². The lowest BCUT2D eigenvalue weighted by molar-refractivity contribution is 0.0534. The summed E-state index contributed by atoms with van der Waals surface area (Å²) in [5, 5.41) is 11.7. The van der Waals surface area contributed by atoms with Gasteiger partial charge in [0.25, 0.3) is 0 Å². The van der Waals surface area contributed by atoms with Crippen LogP contribution in [0.4, 0.5) is 4.79 Å². The summed E-state index contributed by atoms with van der Waals surface area (Å²) in [5.41, 5.74) is -0.342. The van der Waals surface area contributed by atoms with Crippen LogP contribution in [-0.4, -0.2) is 29.3 Å². The zero-order chi connectivity index (χ0) is 16.0. The summed E-state index contributed by atoms with van der Waals surface area (Å²) in [4.78, 5) is 22.5. The molecule has 112 valence electrons. The van der Waals surface area contributed by atoms with Gasteiger partial charge in [0.05, 0.1) is 17.1 Å². The van der Waals surface area contributed by atoms with E-state index in [1.807, 2.05) is 0 Å². The Kier molecular flexibility index (Phi) is 5.62. The third kappa shape index (κ3) is 5.76. The maximum Gasteiger partial charge on any atom is 0.408 e. The van der Waals surface area contributed by atoms with Gasteiger partial charge in [-0.3, -0.25) is 0 Å². The summed E-state index contributed by atoms with van der Waals surface area (Å²) in [5.74, 6) is 4.18. The molecule has 0 atom stereocenters. The molecule has 1 aromatic carbocycles. The van der Waals surface area contributed by atoms with Gasteiger partial charge in [-0.15, -0.1) is 0 Å². The second kappa shape index (κ2) is 7.00. The maximum absolute atomic E-state index is 11.4. The molecule has 0 unspecified atom stereocenters. The topological polar surface area (TPSA) is 75.6 Å². The maximum atomic E-state index is 11.4. The van der Waals surface area contributed by atoms with Crippen LogP contribution in [0.3, 0.4) is 0 Å². The number of halogens is 1. The minimum absolute atomic E-state index is 0.0421. The van der Waals surface area contributed by atoms with Crippen molar-refractivity contribution in [3.63, 3.8) is 0 Å². The number of carboxylic acid groups (broad SMARTS) is 1. The van der Waals surface area contributed by atoms with Crippen LogP contribution in [0.15, 0.2) is 18.2 Å².